The summed E-state index contributed by atoms with van der Waals surface area (Å²) < 4.78 is 51.8. The molecule has 19 heavy (non-hydrogen) atoms. The average molecular weight is 293 g/mol. The Labute approximate surface area is 111 Å². The summed E-state index contributed by atoms with van der Waals surface area (Å²) in [5.41, 5.74) is -0.0198. The third-order valence-electron chi connectivity index (χ3n) is 3.54. The van der Waals surface area contributed by atoms with E-state index < -0.39 is 16.6 Å². The highest BCUT2D eigenvalue weighted by Crippen LogP contribution is 2.26. The third-order valence-corrected chi connectivity index (χ3v) is 5.55. The van der Waals surface area contributed by atoms with E-state index in [1.54, 1.807) is 0 Å². The van der Waals surface area contributed by atoms with Crippen molar-refractivity contribution in [3.8, 4) is 0 Å². The first-order chi connectivity index (χ1) is 8.84. The van der Waals surface area contributed by atoms with E-state index in [2.05, 4.69) is 12.0 Å². The molecule has 2 heterocycles. The van der Waals surface area contributed by atoms with Gasteiger partial charge in [-0.05, 0) is 25.7 Å². The minimum absolute atomic E-state index is 0.0198. The van der Waals surface area contributed by atoms with E-state index in [1.165, 1.54) is 11.2 Å². The molecular weight excluding hydrogens is 276 g/mol. The van der Waals surface area contributed by atoms with Crippen LogP contribution in [0.15, 0.2) is 11.1 Å². The summed E-state index contributed by atoms with van der Waals surface area (Å²) in [4.78, 5) is -0.123. The van der Waals surface area contributed by atoms with Crippen molar-refractivity contribution in [1.29, 1.82) is 0 Å². The van der Waals surface area contributed by atoms with E-state index >= 15 is 0 Å². The Bertz CT molecular complexity index is 548. The Morgan fingerprint density at radius 2 is 1.95 bits per heavy atom. The molecule has 1 aliphatic rings. The Kier molecular flexibility index (Phi) is 3.91. The van der Waals surface area contributed by atoms with Crippen molar-refractivity contribution in [1.82, 2.24) is 14.1 Å². The van der Waals surface area contributed by atoms with Crippen LogP contribution in [0.1, 0.15) is 32.0 Å². The summed E-state index contributed by atoms with van der Waals surface area (Å²) in [5, 5.41) is 3.45. The van der Waals surface area contributed by atoms with Gasteiger partial charge in [-0.1, -0.05) is 6.92 Å². The number of hydrogen-bond donors (Lipinski definition) is 0. The lowest BCUT2D eigenvalue weighted by Crippen LogP contribution is -2.38. The third kappa shape index (κ3) is 2.64. The molecule has 0 aromatic carbocycles. The van der Waals surface area contributed by atoms with E-state index in [0.717, 1.165) is 19.0 Å². The normalized spacial score (nSPS) is 19.2. The minimum Gasteiger partial charge on any atom is -0.207 e. The molecule has 0 bridgehead atoms. The molecule has 2 rings (SSSR count). The second-order valence-electron chi connectivity index (χ2n) is 4.90. The average Bonchev–Trinajstić information content (AvgIpc) is 2.72. The molecule has 0 aliphatic carbocycles. The molecule has 0 spiro atoms. The molecule has 1 aromatic rings. The summed E-state index contributed by atoms with van der Waals surface area (Å²) in [6, 6.07) is 0. The zero-order valence-corrected chi connectivity index (χ0v) is 11.7. The van der Waals surface area contributed by atoms with Crippen molar-refractivity contribution >= 4 is 10.0 Å². The monoisotopic (exact) mass is 293 g/mol. The fraction of sp³-hybridized carbons (Fsp3) is 0.727. The van der Waals surface area contributed by atoms with Crippen LogP contribution in [-0.4, -0.2) is 35.6 Å². The van der Waals surface area contributed by atoms with Crippen LogP contribution in [0.2, 0.25) is 0 Å². The van der Waals surface area contributed by atoms with Gasteiger partial charge in [-0.25, -0.2) is 13.1 Å². The minimum atomic E-state index is -3.71. The number of hydrogen-bond acceptors (Lipinski definition) is 3. The second-order valence-corrected chi connectivity index (χ2v) is 6.81. The van der Waals surface area contributed by atoms with Crippen LogP contribution in [0.3, 0.4) is 0 Å². The summed E-state index contributed by atoms with van der Waals surface area (Å²) in [7, 11) is -3.71. The van der Waals surface area contributed by atoms with Crippen LogP contribution < -0.4 is 0 Å². The maximum Gasteiger partial charge on any atom is 0.333 e. The highest BCUT2D eigenvalue weighted by molar-refractivity contribution is 7.89. The van der Waals surface area contributed by atoms with Gasteiger partial charge in [-0.2, -0.15) is 18.2 Å². The van der Waals surface area contributed by atoms with Crippen LogP contribution in [0, 0.1) is 12.8 Å². The van der Waals surface area contributed by atoms with Gasteiger partial charge in [-0.3, -0.25) is 0 Å². The summed E-state index contributed by atoms with van der Waals surface area (Å²) in [6.45, 7) is 1.46. The molecule has 0 radical (unpaired) electrons. The van der Waals surface area contributed by atoms with Gasteiger partial charge in [0, 0.05) is 13.1 Å². The highest BCUT2D eigenvalue weighted by atomic mass is 32.2. The molecule has 0 atom stereocenters. The van der Waals surface area contributed by atoms with Crippen molar-refractivity contribution in [2.45, 2.75) is 38.1 Å². The molecule has 1 saturated heterocycles. The summed E-state index contributed by atoms with van der Waals surface area (Å²) in [5.74, 6) is 0.497. The van der Waals surface area contributed by atoms with Gasteiger partial charge in [0.2, 0.25) is 10.0 Å². The largest absolute Gasteiger partial charge is 0.333 e. The van der Waals surface area contributed by atoms with Gasteiger partial charge in [0.15, 0.2) is 0 Å². The van der Waals surface area contributed by atoms with Gasteiger partial charge in [-0.15, -0.1) is 0 Å². The number of halogens is 2. The molecular formula is C11H17F2N3O2S. The molecule has 5 nitrogen and oxygen atoms in total. The first kappa shape index (κ1) is 14.4. The first-order valence-electron chi connectivity index (χ1n) is 6.16. The molecule has 1 aromatic heterocycles. The van der Waals surface area contributed by atoms with Crippen LogP contribution in [-0.2, 0) is 10.0 Å². The quantitative estimate of drug-likeness (QED) is 0.856. The number of nitrogens with zero attached hydrogens (tertiary/aromatic N) is 3. The standard InChI is InChI=1S/C11H17F2N3O2S/c1-8-3-5-15(6-4-8)19(17,18)10-7-14-16(9(10)2)11(12)13/h7-8,11H,3-6H2,1-2H3. The van der Waals surface area contributed by atoms with Gasteiger partial charge >= 0.3 is 6.55 Å². The summed E-state index contributed by atoms with van der Waals surface area (Å²) in [6.07, 6.45) is 2.59. The maximum absolute atomic E-state index is 12.6. The SMILES string of the molecule is Cc1c(S(=O)(=O)N2CCC(C)CC2)cnn1C(F)F. The maximum atomic E-state index is 12.6. The van der Waals surface area contributed by atoms with Crippen molar-refractivity contribution in [3.05, 3.63) is 11.9 Å². The Morgan fingerprint density at radius 1 is 1.37 bits per heavy atom. The van der Waals surface area contributed by atoms with Crippen molar-refractivity contribution in [3.63, 3.8) is 0 Å². The molecule has 8 heteroatoms. The van der Waals surface area contributed by atoms with E-state index in [1.807, 2.05) is 0 Å². The number of alkyl halides is 2. The van der Waals surface area contributed by atoms with Gasteiger partial charge in [0.05, 0.1) is 11.9 Å². The fourth-order valence-corrected chi connectivity index (χ4v) is 3.84. The summed E-state index contributed by atoms with van der Waals surface area (Å²) >= 11 is 0. The second kappa shape index (κ2) is 5.16. The van der Waals surface area contributed by atoms with Gasteiger partial charge in [0.1, 0.15) is 4.90 Å². The van der Waals surface area contributed by atoms with E-state index in [0.29, 0.717) is 23.7 Å². The predicted octanol–water partition coefficient (Wildman–Crippen LogP) is 2.01. The zero-order chi connectivity index (χ0) is 14.2. The number of sulfonamides is 1. The van der Waals surface area contributed by atoms with Gasteiger partial charge in [0.25, 0.3) is 0 Å². The molecule has 0 unspecified atom stereocenters. The van der Waals surface area contributed by atoms with Crippen molar-refractivity contribution in [2.24, 2.45) is 5.92 Å². The lowest BCUT2D eigenvalue weighted by atomic mass is 10.0. The molecule has 0 saturated carbocycles. The number of piperidine rings is 1. The molecule has 0 N–H and O–H groups in total. The van der Waals surface area contributed by atoms with Crippen molar-refractivity contribution in [2.75, 3.05) is 13.1 Å². The van der Waals surface area contributed by atoms with Crippen molar-refractivity contribution < 1.29 is 17.2 Å². The van der Waals surface area contributed by atoms with Crippen LogP contribution in [0.4, 0.5) is 8.78 Å². The predicted molar refractivity (Wildman–Crippen MR) is 65.4 cm³/mol. The fourth-order valence-electron chi connectivity index (χ4n) is 2.22. The first-order valence-corrected chi connectivity index (χ1v) is 7.60. The van der Waals surface area contributed by atoms with Crippen LogP contribution in [0.5, 0.6) is 0 Å². The van der Waals surface area contributed by atoms with E-state index in [-0.39, 0.29) is 10.6 Å². The molecule has 1 aliphatic heterocycles. The lowest BCUT2D eigenvalue weighted by Gasteiger charge is -2.29. The van der Waals surface area contributed by atoms with E-state index in [9.17, 15) is 17.2 Å². The molecule has 0 amide bonds. The smallest absolute Gasteiger partial charge is 0.207 e. The van der Waals surface area contributed by atoms with Crippen LogP contribution in [0.25, 0.3) is 0 Å². The topological polar surface area (TPSA) is 55.2 Å². The van der Waals surface area contributed by atoms with Gasteiger partial charge < -0.3 is 0 Å². The molecule has 1 fully saturated rings. The van der Waals surface area contributed by atoms with Crippen LogP contribution >= 0.6 is 0 Å². The van der Waals surface area contributed by atoms with E-state index in [4.69, 9.17) is 0 Å². The Balaban J connectivity index is 2.30. The lowest BCUT2D eigenvalue weighted by molar-refractivity contribution is 0.0541. The number of rotatable bonds is 3. The molecule has 108 valence electrons. The Hall–Kier alpha value is -1.02. The zero-order valence-electron chi connectivity index (χ0n) is 10.9. The number of aromatic nitrogens is 2. The Morgan fingerprint density at radius 3 is 2.42 bits per heavy atom. The highest BCUT2D eigenvalue weighted by Gasteiger charge is 2.31.